The van der Waals surface area contributed by atoms with Crippen molar-refractivity contribution in [2.24, 2.45) is 5.41 Å². The summed E-state index contributed by atoms with van der Waals surface area (Å²) >= 11 is 0. The van der Waals surface area contributed by atoms with Crippen LogP contribution >= 0.6 is 0 Å². The Hall–Kier alpha value is -0.330. The average molecular weight is 168 g/mol. The lowest BCUT2D eigenvalue weighted by Crippen LogP contribution is -2.31. The zero-order valence-corrected chi connectivity index (χ0v) is 8.36. The van der Waals surface area contributed by atoms with Gasteiger partial charge in [-0.3, -0.25) is 4.79 Å². The second kappa shape index (κ2) is 4.06. The van der Waals surface area contributed by atoms with Gasteiger partial charge in [0.25, 0.3) is 0 Å². The molecule has 1 fully saturated rings. The molecule has 0 bridgehead atoms. The first kappa shape index (κ1) is 9.76. The van der Waals surface area contributed by atoms with Crippen LogP contribution in [0.15, 0.2) is 0 Å². The Morgan fingerprint density at radius 3 is 2.25 bits per heavy atom. The summed E-state index contributed by atoms with van der Waals surface area (Å²) < 4.78 is 0. The number of Topliss-reactive ketones (excluding diaryl/α,β-unsaturated/α-hetero) is 1. The van der Waals surface area contributed by atoms with E-state index in [9.17, 15) is 4.79 Å². The lowest BCUT2D eigenvalue weighted by molar-refractivity contribution is -0.128. The van der Waals surface area contributed by atoms with Gasteiger partial charge in [-0.1, -0.05) is 32.6 Å². The van der Waals surface area contributed by atoms with Crippen molar-refractivity contribution in [3.05, 3.63) is 0 Å². The summed E-state index contributed by atoms with van der Waals surface area (Å²) in [6, 6.07) is 0. The Kier molecular flexibility index (Phi) is 3.30. The molecule has 0 unspecified atom stereocenters. The van der Waals surface area contributed by atoms with Crippen molar-refractivity contribution in [3.8, 4) is 0 Å². The quantitative estimate of drug-likeness (QED) is 0.631. The van der Waals surface area contributed by atoms with Crippen molar-refractivity contribution < 1.29 is 4.79 Å². The Balaban J connectivity index is 2.63. The Labute approximate surface area is 75.5 Å². The molecule has 1 nitrogen and oxygen atoms in total. The molecule has 1 saturated carbocycles. The van der Waals surface area contributed by atoms with Crippen LogP contribution in [-0.4, -0.2) is 5.78 Å². The number of carbonyl (C=O) groups is 1. The van der Waals surface area contributed by atoms with Crippen molar-refractivity contribution in [1.82, 2.24) is 0 Å². The summed E-state index contributed by atoms with van der Waals surface area (Å²) in [5.41, 5.74) is 0.0903. The maximum atomic E-state index is 11.5. The van der Waals surface area contributed by atoms with Crippen LogP contribution < -0.4 is 0 Å². The first-order valence-electron chi connectivity index (χ1n) is 5.22. The molecule has 0 saturated heterocycles. The molecular formula is C11H20O. The molecule has 0 aliphatic heterocycles. The number of carbonyl (C=O) groups excluding carboxylic acids is 1. The van der Waals surface area contributed by atoms with E-state index in [-0.39, 0.29) is 5.41 Å². The van der Waals surface area contributed by atoms with Gasteiger partial charge in [-0.25, -0.2) is 0 Å². The third kappa shape index (κ3) is 1.88. The van der Waals surface area contributed by atoms with Gasteiger partial charge in [0.15, 0.2) is 0 Å². The Morgan fingerprint density at radius 2 is 1.83 bits per heavy atom. The van der Waals surface area contributed by atoms with E-state index in [0.29, 0.717) is 5.78 Å². The molecule has 1 heteroatoms. The minimum atomic E-state index is 0.0903. The number of rotatable bonds is 3. The monoisotopic (exact) mass is 168 g/mol. The van der Waals surface area contributed by atoms with Crippen molar-refractivity contribution in [2.45, 2.75) is 58.8 Å². The molecule has 0 amide bonds. The van der Waals surface area contributed by atoms with Gasteiger partial charge in [0, 0.05) is 5.41 Å². The van der Waals surface area contributed by atoms with E-state index in [4.69, 9.17) is 0 Å². The van der Waals surface area contributed by atoms with E-state index >= 15 is 0 Å². The topological polar surface area (TPSA) is 17.1 Å². The average Bonchev–Trinajstić information content (AvgIpc) is 2.06. The molecule has 0 atom stereocenters. The molecule has 0 aromatic heterocycles. The highest BCUT2D eigenvalue weighted by Crippen LogP contribution is 2.40. The maximum Gasteiger partial charge on any atom is 0.135 e. The molecule has 0 radical (unpaired) electrons. The van der Waals surface area contributed by atoms with Gasteiger partial charge >= 0.3 is 0 Å². The van der Waals surface area contributed by atoms with E-state index in [1.165, 1.54) is 19.3 Å². The molecule has 0 spiro atoms. The van der Waals surface area contributed by atoms with Gasteiger partial charge in [-0.05, 0) is 26.2 Å². The summed E-state index contributed by atoms with van der Waals surface area (Å²) in [5, 5.41) is 0. The van der Waals surface area contributed by atoms with Crippen LogP contribution in [0.25, 0.3) is 0 Å². The fourth-order valence-corrected chi connectivity index (χ4v) is 2.49. The van der Waals surface area contributed by atoms with Crippen LogP contribution in [0.3, 0.4) is 0 Å². The summed E-state index contributed by atoms with van der Waals surface area (Å²) in [7, 11) is 0. The van der Waals surface area contributed by atoms with Crippen LogP contribution in [0, 0.1) is 5.41 Å². The fraction of sp³-hybridized carbons (Fsp3) is 0.909. The highest BCUT2D eigenvalue weighted by molar-refractivity contribution is 5.82. The second-order valence-electron chi connectivity index (χ2n) is 4.15. The van der Waals surface area contributed by atoms with E-state index in [1.54, 1.807) is 6.92 Å². The van der Waals surface area contributed by atoms with E-state index in [1.807, 2.05) is 0 Å². The van der Waals surface area contributed by atoms with Crippen LogP contribution in [0.5, 0.6) is 0 Å². The second-order valence-corrected chi connectivity index (χ2v) is 4.15. The van der Waals surface area contributed by atoms with Crippen LogP contribution in [-0.2, 0) is 4.79 Å². The predicted octanol–water partition coefficient (Wildman–Crippen LogP) is 3.33. The fourth-order valence-electron chi connectivity index (χ4n) is 2.49. The number of hydrogen-bond donors (Lipinski definition) is 0. The minimum Gasteiger partial charge on any atom is -0.299 e. The van der Waals surface area contributed by atoms with Crippen molar-refractivity contribution in [1.29, 1.82) is 0 Å². The summed E-state index contributed by atoms with van der Waals surface area (Å²) in [5.74, 6) is 0.434. The standard InChI is InChI=1S/C11H20O/c1-3-7-11(10(2)12)8-5-4-6-9-11/h3-9H2,1-2H3. The number of ketones is 1. The van der Waals surface area contributed by atoms with Crippen LogP contribution in [0.2, 0.25) is 0 Å². The van der Waals surface area contributed by atoms with Gasteiger partial charge in [0.2, 0.25) is 0 Å². The molecule has 1 rings (SSSR count). The first-order chi connectivity index (χ1) is 5.71. The lowest BCUT2D eigenvalue weighted by Gasteiger charge is -2.34. The van der Waals surface area contributed by atoms with Crippen LogP contribution in [0.4, 0.5) is 0 Å². The minimum absolute atomic E-state index is 0.0903. The lowest BCUT2D eigenvalue weighted by atomic mass is 9.69. The van der Waals surface area contributed by atoms with Gasteiger partial charge in [-0.15, -0.1) is 0 Å². The molecule has 12 heavy (non-hydrogen) atoms. The molecular weight excluding hydrogens is 148 g/mol. The smallest absolute Gasteiger partial charge is 0.135 e. The van der Waals surface area contributed by atoms with Gasteiger partial charge in [0.1, 0.15) is 5.78 Å². The highest BCUT2D eigenvalue weighted by Gasteiger charge is 2.35. The van der Waals surface area contributed by atoms with Gasteiger partial charge < -0.3 is 0 Å². The number of hydrogen-bond acceptors (Lipinski definition) is 1. The molecule has 70 valence electrons. The zero-order valence-electron chi connectivity index (χ0n) is 8.36. The molecule has 0 aromatic carbocycles. The van der Waals surface area contributed by atoms with E-state index in [0.717, 1.165) is 25.7 Å². The Bertz CT molecular complexity index is 149. The normalized spacial score (nSPS) is 22.2. The van der Waals surface area contributed by atoms with Crippen LogP contribution in [0.1, 0.15) is 58.8 Å². The van der Waals surface area contributed by atoms with E-state index < -0.39 is 0 Å². The molecule has 1 aliphatic carbocycles. The Morgan fingerprint density at radius 1 is 1.25 bits per heavy atom. The molecule has 0 N–H and O–H groups in total. The van der Waals surface area contributed by atoms with Crippen molar-refractivity contribution in [2.75, 3.05) is 0 Å². The highest BCUT2D eigenvalue weighted by atomic mass is 16.1. The van der Waals surface area contributed by atoms with Crippen molar-refractivity contribution >= 4 is 5.78 Å². The molecule has 0 heterocycles. The van der Waals surface area contributed by atoms with Gasteiger partial charge in [0.05, 0.1) is 0 Å². The molecule has 1 aliphatic rings. The molecule has 0 aromatic rings. The maximum absolute atomic E-state index is 11.5. The predicted molar refractivity (Wildman–Crippen MR) is 51.1 cm³/mol. The first-order valence-corrected chi connectivity index (χ1v) is 5.22. The zero-order chi connectivity index (χ0) is 9.03. The SMILES string of the molecule is CCCC1(C(C)=O)CCCCC1. The van der Waals surface area contributed by atoms with Gasteiger partial charge in [-0.2, -0.15) is 0 Å². The van der Waals surface area contributed by atoms with Crippen molar-refractivity contribution in [3.63, 3.8) is 0 Å². The summed E-state index contributed by atoms with van der Waals surface area (Å²) in [6.45, 7) is 3.96. The van der Waals surface area contributed by atoms with E-state index in [2.05, 4.69) is 6.92 Å². The largest absolute Gasteiger partial charge is 0.299 e. The summed E-state index contributed by atoms with van der Waals surface area (Å²) in [6.07, 6.45) is 8.42. The third-order valence-electron chi connectivity index (χ3n) is 3.29. The third-order valence-corrected chi connectivity index (χ3v) is 3.29. The summed E-state index contributed by atoms with van der Waals surface area (Å²) in [4.78, 5) is 11.5.